The number of nitrogens with two attached hydrogens (primary N) is 2. The second-order valence-corrected chi connectivity index (χ2v) is 9.63. The van der Waals surface area contributed by atoms with Crippen LogP contribution in [0.2, 0.25) is 0 Å². The van der Waals surface area contributed by atoms with Gasteiger partial charge in [-0.05, 0) is 74.9 Å². The zero-order valence-corrected chi connectivity index (χ0v) is 22.2. The number of amides is 1. The first-order valence-corrected chi connectivity index (χ1v) is 12.9. The molecule has 0 spiro atoms. The predicted molar refractivity (Wildman–Crippen MR) is 153 cm³/mol. The van der Waals surface area contributed by atoms with Crippen LogP contribution < -0.4 is 21.1 Å². The lowest BCUT2D eigenvalue weighted by molar-refractivity contribution is 0.0889. The van der Waals surface area contributed by atoms with Crippen LogP contribution in [0.4, 0.5) is 11.4 Å². The van der Waals surface area contributed by atoms with Crippen LogP contribution in [0.25, 0.3) is 0 Å². The summed E-state index contributed by atoms with van der Waals surface area (Å²) in [6.07, 6.45) is 2.25. The highest BCUT2D eigenvalue weighted by atomic mass is 16.5. The maximum Gasteiger partial charge on any atom is 0.278 e. The van der Waals surface area contributed by atoms with Gasteiger partial charge >= 0.3 is 0 Å². The minimum atomic E-state index is -0.411. The van der Waals surface area contributed by atoms with E-state index in [0.717, 1.165) is 37.2 Å². The second-order valence-electron chi connectivity index (χ2n) is 9.63. The minimum absolute atomic E-state index is 0.0674. The van der Waals surface area contributed by atoms with Crippen molar-refractivity contribution in [2.24, 2.45) is 10.7 Å². The number of aliphatic imine (C=N–C) groups is 1. The molecule has 1 aliphatic heterocycles. The van der Waals surface area contributed by atoms with Gasteiger partial charge < -0.3 is 30.7 Å². The highest BCUT2D eigenvalue weighted by Crippen LogP contribution is 2.23. The Hall–Kier alpha value is -3.88. The average Bonchev–Trinajstić information content (AvgIpc) is 2.93. The molecule has 38 heavy (non-hydrogen) atoms. The Bertz CT molecular complexity index is 1220. The van der Waals surface area contributed by atoms with Gasteiger partial charge in [-0.3, -0.25) is 4.79 Å². The summed E-state index contributed by atoms with van der Waals surface area (Å²) in [5, 5.41) is 0. The quantitative estimate of drug-likeness (QED) is 0.182. The van der Waals surface area contributed by atoms with Crippen LogP contribution in [0, 0.1) is 0 Å². The predicted octanol–water partition coefficient (Wildman–Crippen LogP) is 3.94. The molecule has 3 aromatic rings. The number of piperidine rings is 1. The minimum Gasteiger partial charge on any atom is -0.491 e. The first-order chi connectivity index (χ1) is 18.4. The SMILES string of the molecule is CN1CCC(N(C)c2ccc(C(=O)N=C(N)c3ccc(OCCOCc4ccccc4)cc3N)cc2)CC1. The highest BCUT2D eigenvalue weighted by molar-refractivity contribution is 6.11. The number of nitrogen functional groups attached to an aromatic ring is 1. The fourth-order valence-corrected chi connectivity index (χ4v) is 4.51. The van der Waals surface area contributed by atoms with Gasteiger partial charge in [0.15, 0.2) is 0 Å². The van der Waals surface area contributed by atoms with Crippen molar-refractivity contribution in [2.45, 2.75) is 25.5 Å². The van der Waals surface area contributed by atoms with Crippen LogP contribution in [-0.4, -0.2) is 63.1 Å². The molecule has 0 radical (unpaired) electrons. The van der Waals surface area contributed by atoms with Gasteiger partial charge in [0, 0.05) is 41.7 Å². The molecule has 0 aliphatic carbocycles. The smallest absolute Gasteiger partial charge is 0.278 e. The number of carbonyl (C=O) groups is 1. The van der Waals surface area contributed by atoms with E-state index in [9.17, 15) is 4.79 Å². The normalized spacial score (nSPS) is 14.8. The third-order valence-corrected chi connectivity index (χ3v) is 6.89. The molecular weight excluding hydrogens is 478 g/mol. The van der Waals surface area contributed by atoms with Crippen molar-refractivity contribution in [3.63, 3.8) is 0 Å². The Morgan fingerprint density at radius 3 is 2.42 bits per heavy atom. The lowest BCUT2D eigenvalue weighted by Crippen LogP contribution is -2.41. The summed E-state index contributed by atoms with van der Waals surface area (Å²) in [7, 11) is 4.26. The lowest BCUT2D eigenvalue weighted by Gasteiger charge is -2.36. The van der Waals surface area contributed by atoms with E-state index in [4.69, 9.17) is 20.9 Å². The fourth-order valence-electron chi connectivity index (χ4n) is 4.51. The number of hydrogen-bond donors (Lipinski definition) is 2. The summed E-state index contributed by atoms with van der Waals surface area (Å²) in [6.45, 7) is 3.56. The third kappa shape index (κ3) is 7.34. The van der Waals surface area contributed by atoms with E-state index in [2.05, 4.69) is 28.9 Å². The number of rotatable bonds is 10. The van der Waals surface area contributed by atoms with Crippen LogP contribution in [0.3, 0.4) is 0 Å². The topological polar surface area (TPSA) is 106 Å². The second kappa shape index (κ2) is 13.1. The number of carbonyl (C=O) groups excluding carboxylic acids is 1. The molecule has 8 nitrogen and oxygen atoms in total. The first-order valence-electron chi connectivity index (χ1n) is 12.9. The van der Waals surface area contributed by atoms with Gasteiger partial charge in [-0.1, -0.05) is 30.3 Å². The fraction of sp³-hybridized carbons (Fsp3) is 0.333. The van der Waals surface area contributed by atoms with E-state index >= 15 is 0 Å². The van der Waals surface area contributed by atoms with E-state index in [1.54, 1.807) is 30.3 Å². The zero-order chi connectivity index (χ0) is 26.9. The molecule has 3 aromatic carbocycles. The molecule has 0 atom stereocenters. The third-order valence-electron chi connectivity index (χ3n) is 6.89. The molecule has 0 saturated carbocycles. The Morgan fingerprint density at radius 1 is 1.03 bits per heavy atom. The zero-order valence-electron chi connectivity index (χ0n) is 22.2. The molecule has 1 amide bonds. The Kier molecular flexibility index (Phi) is 9.35. The van der Waals surface area contributed by atoms with Crippen molar-refractivity contribution in [2.75, 3.05) is 51.0 Å². The van der Waals surface area contributed by atoms with Gasteiger partial charge in [-0.2, -0.15) is 4.99 Å². The number of likely N-dealkylation sites (tertiary alicyclic amines) is 1. The first kappa shape index (κ1) is 27.2. The molecule has 200 valence electrons. The van der Waals surface area contributed by atoms with E-state index in [0.29, 0.717) is 48.4 Å². The number of amidine groups is 1. The van der Waals surface area contributed by atoms with Gasteiger partial charge in [0.2, 0.25) is 0 Å². The summed E-state index contributed by atoms with van der Waals surface area (Å²) < 4.78 is 11.4. The largest absolute Gasteiger partial charge is 0.491 e. The molecular formula is C30H37N5O3. The maximum atomic E-state index is 12.8. The molecule has 8 heteroatoms. The molecule has 0 unspecified atom stereocenters. The van der Waals surface area contributed by atoms with Gasteiger partial charge in [-0.25, -0.2) is 0 Å². The molecule has 0 bridgehead atoms. The van der Waals surface area contributed by atoms with Gasteiger partial charge in [0.25, 0.3) is 5.91 Å². The molecule has 4 N–H and O–H groups in total. The molecule has 1 saturated heterocycles. The highest BCUT2D eigenvalue weighted by Gasteiger charge is 2.21. The summed E-state index contributed by atoms with van der Waals surface area (Å²) >= 11 is 0. The van der Waals surface area contributed by atoms with Crippen LogP contribution in [0.1, 0.15) is 34.3 Å². The summed E-state index contributed by atoms with van der Waals surface area (Å²) in [6, 6.07) is 23.1. The van der Waals surface area contributed by atoms with Gasteiger partial charge in [0.05, 0.1) is 13.2 Å². The van der Waals surface area contributed by atoms with Crippen LogP contribution in [0.15, 0.2) is 77.8 Å². The standard InChI is InChI=1S/C30H37N5O3/c1-34-16-14-25(15-17-34)35(2)24-10-8-23(9-11-24)30(36)33-29(32)27-13-12-26(20-28(27)31)38-19-18-37-21-22-6-4-3-5-7-22/h3-13,20,25H,14-19,21,31H2,1-2H3,(H2,32,33,36). The Morgan fingerprint density at radius 2 is 1.74 bits per heavy atom. The van der Waals surface area contributed by atoms with Crippen molar-refractivity contribution in [3.05, 3.63) is 89.5 Å². The van der Waals surface area contributed by atoms with E-state index < -0.39 is 5.91 Å². The van der Waals surface area contributed by atoms with E-state index in [1.165, 1.54) is 0 Å². The van der Waals surface area contributed by atoms with Crippen LogP contribution in [0.5, 0.6) is 5.75 Å². The molecule has 1 aliphatic rings. The summed E-state index contributed by atoms with van der Waals surface area (Å²) in [5.41, 5.74) is 15.9. The number of ether oxygens (including phenoxy) is 2. The Balaban J connectivity index is 1.29. The molecule has 1 fully saturated rings. The van der Waals surface area contributed by atoms with Gasteiger partial charge in [0.1, 0.15) is 18.2 Å². The summed E-state index contributed by atoms with van der Waals surface area (Å²) in [4.78, 5) is 21.5. The van der Waals surface area contributed by atoms with E-state index in [1.807, 2.05) is 42.5 Å². The van der Waals surface area contributed by atoms with Gasteiger partial charge in [-0.15, -0.1) is 0 Å². The number of benzene rings is 3. The number of anilines is 2. The summed E-state index contributed by atoms with van der Waals surface area (Å²) in [5.74, 6) is 0.252. The van der Waals surface area contributed by atoms with Crippen molar-refractivity contribution < 1.29 is 14.3 Å². The van der Waals surface area contributed by atoms with Crippen molar-refractivity contribution in [3.8, 4) is 5.75 Å². The molecule has 4 rings (SSSR count). The van der Waals surface area contributed by atoms with Crippen LogP contribution in [-0.2, 0) is 11.3 Å². The maximum absolute atomic E-state index is 12.8. The number of hydrogen-bond acceptors (Lipinski definition) is 6. The van der Waals surface area contributed by atoms with E-state index in [-0.39, 0.29) is 5.84 Å². The Labute approximate surface area is 224 Å². The van der Waals surface area contributed by atoms with Crippen molar-refractivity contribution >= 4 is 23.1 Å². The van der Waals surface area contributed by atoms with Crippen LogP contribution >= 0.6 is 0 Å². The average molecular weight is 516 g/mol. The molecule has 0 aromatic heterocycles. The molecule has 1 heterocycles. The van der Waals surface area contributed by atoms with Crippen molar-refractivity contribution in [1.29, 1.82) is 0 Å². The van der Waals surface area contributed by atoms with Crippen molar-refractivity contribution in [1.82, 2.24) is 4.90 Å². The monoisotopic (exact) mass is 515 g/mol. The number of nitrogens with zero attached hydrogens (tertiary/aromatic N) is 3. The lowest BCUT2D eigenvalue weighted by atomic mass is 10.0.